The van der Waals surface area contributed by atoms with Gasteiger partial charge in [-0.2, -0.15) is 0 Å². The fourth-order valence-corrected chi connectivity index (χ4v) is 2.23. The van der Waals surface area contributed by atoms with Gasteiger partial charge in [-0.1, -0.05) is 23.7 Å². The van der Waals surface area contributed by atoms with Gasteiger partial charge in [-0.25, -0.2) is 4.79 Å². The zero-order valence-electron chi connectivity index (χ0n) is 9.97. The van der Waals surface area contributed by atoms with Gasteiger partial charge in [0.25, 0.3) is 0 Å². The van der Waals surface area contributed by atoms with E-state index in [-0.39, 0.29) is 0 Å². The number of benzene rings is 2. The summed E-state index contributed by atoms with van der Waals surface area (Å²) in [5.74, 6) is -0.403. The second-order valence-corrected chi connectivity index (χ2v) is 4.68. The van der Waals surface area contributed by atoms with Gasteiger partial charge in [0.2, 0.25) is 0 Å². The number of anilines is 1. The second-order valence-electron chi connectivity index (χ2n) is 4.27. The summed E-state index contributed by atoms with van der Waals surface area (Å²) in [5.41, 5.74) is 8.44. The predicted molar refractivity (Wildman–Crippen MR) is 75.4 cm³/mol. The SMILES string of the molecule is Nc1ccc(Cl)c(Cn2c(=O)oc3ccccc32)c1. The molecule has 1 aromatic heterocycles. The molecule has 2 aromatic carbocycles. The summed E-state index contributed by atoms with van der Waals surface area (Å²) in [6.45, 7) is 0.333. The summed E-state index contributed by atoms with van der Waals surface area (Å²) in [6.07, 6.45) is 0. The third kappa shape index (κ3) is 2.11. The Morgan fingerprint density at radius 2 is 2.00 bits per heavy atom. The van der Waals surface area contributed by atoms with E-state index in [0.717, 1.165) is 11.1 Å². The molecule has 3 rings (SSSR count). The maximum atomic E-state index is 11.9. The van der Waals surface area contributed by atoms with Crippen LogP contribution in [0.25, 0.3) is 11.1 Å². The Hall–Kier alpha value is -2.20. The molecule has 96 valence electrons. The Kier molecular flexibility index (Phi) is 2.80. The lowest BCUT2D eigenvalue weighted by molar-refractivity contribution is 0.518. The Balaban J connectivity index is 2.13. The van der Waals surface area contributed by atoms with Crippen molar-refractivity contribution in [1.82, 2.24) is 4.57 Å². The molecule has 0 saturated heterocycles. The van der Waals surface area contributed by atoms with E-state index >= 15 is 0 Å². The van der Waals surface area contributed by atoms with Crippen LogP contribution < -0.4 is 11.5 Å². The third-order valence-corrected chi connectivity index (χ3v) is 3.34. The van der Waals surface area contributed by atoms with Crippen molar-refractivity contribution in [2.24, 2.45) is 0 Å². The molecule has 4 nitrogen and oxygen atoms in total. The van der Waals surface area contributed by atoms with Crippen LogP contribution in [0, 0.1) is 0 Å². The molecule has 0 unspecified atom stereocenters. The van der Waals surface area contributed by atoms with E-state index in [9.17, 15) is 4.79 Å². The topological polar surface area (TPSA) is 61.2 Å². The van der Waals surface area contributed by atoms with Crippen molar-refractivity contribution in [2.75, 3.05) is 5.73 Å². The number of nitrogens with zero attached hydrogens (tertiary/aromatic N) is 1. The number of para-hydroxylation sites is 2. The number of hydrogen-bond donors (Lipinski definition) is 1. The molecule has 5 heteroatoms. The molecule has 2 N–H and O–H groups in total. The Bertz CT molecular complexity index is 805. The summed E-state index contributed by atoms with van der Waals surface area (Å²) >= 11 is 6.12. The van der Waals surface area contributed by atoms with Crippen LogP contribution in [0.1, 0.15) is 5.56 Å². The summed E-state index contributed by atoms with van der Waals surface area (Å²) in [6, 6.07) is 12.5. The highest BCUT2D eigenvalue weighted by atomic mass is 35.5. The Labute approximate surface area is 114 Å². The maximum absolute atomic E-state index is 11.9. The standard InChI is InChI=1S/C14H11ClN2O2/c15-11-6-5-10(16)7-9(11)8-17-12-3-1-2-4-13(12)19-14(17)18/h1-7H,8,16H2. The second kappa shape index (κ2) is 4.48. The van der Waals surface area contributed by atoms with Crippen LogP contribution in [0.2, 0.25) is 5.02 Å². The van der Waals surface area contributed by atoms with Crippen molar-refractivity contribution in [3.63, 3.8) is 0 Å². The van der Waals surface area contributed by atoms with Crippen molar-refractivity contribution < 1.29 is 4.42 Å². The van der Waals surface area contributed by atoms with Crippen LogP contribution in [0.15, 0.2) is 51.7 Å². The molecule has 0 aliphatic heterocycles. The summed E-state index contributed by atoms with van der Waals surface area (Å²) in [5, 5.41) is 0.575. The van der Waals surface area contributed by atoms with Crippen molar-refractivity contribution in [1.29, 1.82) is 0 Å². The molecule has 0 atom stereocenters. The van der Waals surface area contributed by atoms with E-state index in [0.29, 0.717) is 22.8 Å². The maximum Gasteiger partial charge on any atom is 0.420 e. The molecule has 0 saturated carbocycles. The van der Waals surface area contributed by atoms with Crippen LogP contribution in [-0.4, -0.2) is 4.57 Å². The molecule has 0 bridgehead atoms. The van der Waals surface area contributed by atoms with E-state index in [2.05, 4.69) is 0 Å². The molecular formula is C14H11ClN2O2. The lowest BCUT2D eigenvalue weighted by Gasteiger charge is -2.06. The summed E-state index contributed by atoms with van der Waals surface area (Å²) < 4.78 is 6.71. The van der Waals surface area contributed by atoms with Crippen LogP contribution in [0.3, 0.4) is 0 Å². The molecule has 1 heterocycles. The van der Waals surface area contributed by atoms with Gasteiger partial charge < -0.3 is 10.2 Å². The number of hydrogen-bond acceptors (Lipinski definition) is 3. The van der Waals surface area contributed by atoms with E-state index in [1.165, 1.54) is 4.57 Å². The van der Waals surface area contributed by atoms with Gasteiger partial charge in [0.05, 0.1) is 12.1 Å². The van der Waals surface area contributed by atoms with Crippen LogP contribution >= 0.6 is 11.6 Å². The number of oxazole rings is 1. The first-order valence-electron chi connectivity index (χ1n) is 5.77. The lowest BCUT2D eigenvalue weighted by Crippen LogP contribution is -2.15. The number of rotatable bonds is 2. The molecular weight excluding hydrogens is 264 g/mol. The van der Waals surface area contributed by atoms with Gasteiger partial charge in [0.15, 0.2) is 5.58 Å². The number of fused-ring (bicyclic) bond motifs is 1. The summed E-state index contributed by atoms with van der Waals surface area (Å²) in [7, 11) is 0. The molecule has 0 spiro atoms. The van der Waals surface area contributed by atoms with Gasteiger partial charge in [0, 0.05) is 10.7 Å². The molecule has 0 aliphatic rings. The average Bonchev–Trinajstić information content (AvgIpc) is 2.71. The third-order valence-electron chi connectivity index (χ3n) is 2.97. The molecule has 0 fully saturated rings. The smallest absolute Gasteiger partial charge is 0.408 e. The van der Waals surface area contributed by atoms with Crippen molar-refractivity contribution in [3.05, 3.63) is 63.6 Å². The van der Waals surface area contributed by atoms with Crippen LogP contribution in [0.4, 0.5) is 5.69 Å². The summed E-state index contributed by atoms with van der Waals surface area (Å²) in [4.78, 5) is 11.9. The van der Waals surface area contributed by atoms with Gasteiger partial charge in [-0.3, -0.25) is 4.57 Å². The lowest BCUT2D eigenvalue weighted by atomic mass is 10.2. The average molecular weight is 275 g/mol. The van der Waals surface area contributed by atoms with Gasteiger partial charge in [-0.15, -0.1) is 0 Å². The largest absolute Gasteiger partial charge is 0.420 e. The molecule has 0 aliphatic carbocycles. The van der Waals surface area contributed by atoms with Crippen molar-refractivity contribution in [2.45, 2.75) is 6.54 Å². The monoisotopic (exact) mass is 274 g/mol. The minimum absolute atomic E-state index is 0.333. The quantitative estimate of drug-likeness (QED) is 0.731. The fraction of sp³-hybridized carbons (Fsp3) is 0.0714. The van der Waals surface area contributed by atoms with E-state index in [1.807, 2.05) is 18.2 Å². The Morgan fingerprint density at radius 3 is 2.84 bits per heavy atom. The minimum atomic E-state index is -0.403. The molecule has 3 aromatic rings. The van der Waals surface area contributed by atoms with E-state index < -0.39 is 5.76 Å². The van der Waals surface area contributed by atoms with Gasteiger partial charge >= 0.3 is 5.76 Å². The Morgan fingerprint density at radius 1 is 1.21 bits per heavy atom. The molecule has 0 radical (unpaired) electrons. The highest BCUT2D eigenvalue weighted by Crippen LogP contribution is 2.21. The van der Waals surface area contributed by atoms with Crippen molar-refractivity contribution in [3.8, 4) is 0 Å². The normalized spacial score (nSPS) is 11.0. The van der Waals surface area contributed by atoms with E-state index in [1.54, 1.807) is 24.3 Å². The fourth-order valence-electron chi connectivity index (χ4n) is 2.05. The first-order chi connectivity index (χ1) is 9.15. The zero-order chi connectivity index (χ0) is 13.4. The van der Waals surface area contributed by atoms with E-state index in [4.69, 9.17) is 21.8 Å². The zero-order valence-corrected chi connectivity index (χ0v) is 10.7. The van der Waals surface area contributed by atoms with Crippen LogP contribution in [0.5, 0.6) is 0 Å². The van der Waals surface area contributed by atoms with Crippen molar-refractivity contribution >= 4 is 28.4 Å². The first kappa shape index (κ1) is 11.9. The first-order valence-corrected chi connectivity index (χ1v) is 6.15. The number of nitrogen functional groups attached to an aromatic ring is 1. The highest BCUT2D eigenvalue weighted by Gasteiger charge is 2.10. The predicted octanol–water partition coefficient (Wildman–Crippen LogP) is 2.88. The highest BCUT2D eigenvalue weighted by molar-refractivity contribution is 6.31. The van der Waals surface area contributed by atoms with Gasteiger partial charge in [-0.05, 0) is 35.9 Å². The number of aromatic nitrogens is 1. The minimum Gasteiger partial charge on any atom is -0.408 e. The van der Waals surface area contributed by atoms with Crippen LogP contribution in [-0.2, 0) is 6.54 Å². The molecule has 19 heavy (non-hydrogen) atoms. The van der Waals surface area contributed by atoms with Gasteiger partial charge in [0.1, 0.15) is 0 Å². The molecule has 0 amide bonds. The number of nitrogens with two attached hydrogens (primary N) is 1. The number of halogens is 1.